The smallest absolute Gasteiger partial charge is 0.253 e. The predicted molar refractivity (Wildman–Crippen MR) is 61.7 cm³/mol. The van der Waals surface area contributed by atoms with Crippen molar-refractivity contribution in [1.82, 2.24) is 0 Å². The summed E-state index contributed by atoms with van der Waals surface area (Å²) < 4.78 is 18.8. The van der Waals surface area contributed by atoms with E-state index in [0.29, 0.717) is 16.8 Å². The minimum absolute atomic E-state index is 0.209. The first-order chi connectivity index (χ1) is 7.66. The molecule has 0 aliphatic carbocycles. The highest BCUT2D eigenvalue weighted by Crippen LogP contribution is 2.20. The van der Waals surface area contributed by atoms with Crippen molar-refractivity contribution in [1.29, 1.82) is 0 Å². The lowest BCUT2D eigenvalue weighted by Gasteiger charge is -2.10. The Morgan fingerprint density at radius 2 is 2.38 bits per heavy atom. The van der Waals surface area contributed by atoms with Crippen LogP contribution in [0.2, 0.25) is 0 Å². The number of amides is 1. The number of rotatable bonds is 2. The first-order valence-corrected chi connectivity index (χ1v) is 5.83. The van der Waals surface area contributed by atoms with Crippen molar-refractivity contribution in [2.24, 2.45) is 0 Å². The van der Waals surface area contributed by atoms with E-state index >= 15 is 0 Å². The molecular weight excluding hydrogens is 277 g/mol. The van der Waals surface area contributed by atoms with Crippen LogP contribution in [0.15, 0.2) is 22.7 Å². The first kappa shape index (κ1) is 11.5. The van der Waals surface area contributed by atoms with Crippen LogP contribution in [0.1, 0.15) is 12.8 Å². The molecule has 0 saturated carbocycles. The van der Waals surface area contributed by atoms with Gasteiger partial charge in [-0.2, -0.15) is 0 Å². The zero-order valence-electron chi connectivity index (χ0n) is 8.50. The molecule has 3 nitrogen and oxygen atoms in total. The fourth-order valence-electron chi connectivity index (χ4n) is 1.58. The van der Waals surface area contributed by atoms with Crippen LogP contribution < -0.4 is 5.32 Å². The molecule has 0 bridgehead atoms. The average Bonchev–Trinajstić information content (AvgIpc) is 2.77. The third kappa shape index (κ3) is 2.59. The highest BCUT2D eigenvalue weighted by atomic mass is 79.9. The number of carbonyl (C=O) groups is 1. The summed E-state index contributed by atoms with van der Waals surface area (Å²) in [7, 11) is 0. The SMILES string of the molecule is O=C(Nc1ccc(Br)c(F)c1)[C@@H]1CCCO1. The number of anilines is 1. The number of hydrogen-bond acceptors (Lipinski definition) is 2. The average molecular weight is 288 g/mol. The molecular formula is C11H11BrFNO2. The highest BCUT2D eigenvalue weighted by molar-refractivity contribution is 9.10. The van der Waals surface area contributed by atoms with Crippen LogP contribution in [-0.2, 0) is 9.53 Å². The summed E-state index contributed by atoms with van der Waals surface area (Å²) in [6.45, 7) is 0.618. The Balaban J connectivity index is 2.02. The predicted octanol–water partition coefficient (Wildman–Crippen LogP) is 2.71. The largest absolute Gasteiger partial charge is 0.368 e. The standard InChI is InChI=1S/C11H11BrFNO2/c12-8-4-3-7(6-9(8)13)14-11(15)10-2-1-5-16-10/h3-4,6,10H,1-2,5H2,(H,14,15)/t10-/m0/s1. The van der Waals surface area contributed by atoms with Crippen molar-refractivity contribution in [2.75, 3.05) is 11.9 Å². The van der Waals surface area contributed by atoms with Crippen LogP contribution in [0.4, 0.5) is 10.1 Å². The fourth-order valence-corrected chi connectivity index (χ4v) is 1.83. The van der Waals surface area contributed by atoms with E-state index < -0.39 is 11.9 Å². The Hall–Kier alpha value is -0.940. The quantitative estimate of drug-likeness (QED) is 0.908. The molecule has 2 rings (SSSR count). The number of ether oxygens (including phenoxy) is 1. The van der Waals surface area contributed by atoms with Crippen LogP contribution >= 0.6 is 15.9 Å². The molecule has 1 atom stereocenters. The number of hydrogen-bond donors (Lipinski definition) is 1. The van der Waals surface area contributed by atoms with Gasteiger partial charge in [0.2, 0.25) is 0 Å². The summed E-state index contributed by atoms with van der Waals surface area (Å²) >= 11 is 3.05. The van der Waals surface area contributed by atoms with Crippen molar-refractivity contribution in [3.63, 3.8) is 0 Å². The molecule has 0 spiro atoms. The third-order valence-corrected chi connectivity index (χ3v) is 3.05. The van der Waals surface area contributed by atoms with Crippen molar-refractivity contribution in [3.8, 4) is 0 Å². The summed E-state index contributed by atoms with van der Waals surface area (Å²) in [5, 5.41) is 2.63. The minimum atomic E-state index is -0.398. The molecule has 1 amide bonds. The first-order valence-electron chi connectivity index (χ1n) is 5.04. The molecule has 1 aromatic rings. The maximum atomic E-state index is 13.2. The van der Waals surface area contributed by atoms with Crippen molar-refractivity contribution in [3.05, 3.63) is 28.5 Å². The Morgan fingerprint density at radius 1 is 1.56 bits per heavy atom. The van der Waals surface area contributed by atoms with Gasteiger partial charge in [0.25, 0.3) is 5.91 Å². The van der Waals surface area contributed by atoms with Crippen molar-refractivity contribution < 1.29 is 13.9 Å². The van der Waals surface area contributed by atoms with Crippen LogP contribution in [0.25, 0.3) is 0 Å². The van der Waals surface area contributed by atoms with Gasteiger partial charge in [-0.05, 0) is 47.0 Å². The molecule has 1 fully saturated rings. The second-order valence-corrected chi connectivity index (χ2v) is 4.47. The molecule has 1 aliphatic heterocycles. The Morgan fingerprint density at radius 3 is 3.00 bits per heavy atom. The van der Waals surface area contributed by atoms with E-state index in [0.717, 1.165) is 12.8 Å². The highest BCUT2D eigenvalue weighted by Gasteiger charge is 2.23. The maximum absolute atomic E-state index is 13.2. The zero-order chi connectivity index (χ0) is 11.5. The Kier molecular flexibility index (Phi) is 3.56. The van der Waals surface area contributed by atoms with Crippen LogP contribution in [0, 0.1) is 5.82 Å². The molecule has 1 heterocycles. The molecule has 1 N–H and O–H groups in total. The van der Waals surface area contributed by atoms with E-state index in [-0.39, 0.29) is 5.91 Å². The monoisotopic (exact) mass is 287 g/mol. The number of nitrogens with one attached hydrogen (secondary N) is 1. The third-order valence-electron chi connectivity index (χ3n) is 2.41. The molecule has 1 aromatic carbocycles. The molecule has 16 heavy (non-hydrogen) atoms. The van der Waals surface area contributed by atoms with Gasteiger partial charge in [0.1, 0.15) is 11.9 Å². The molecule has 0 aromatic heterocycles. The van der Waals surface area contributed by atoms with Gasteiger partial charge in [0, 0.05) is 12.3 Å². The van der Waals surface area contributed by atoms with Gasteiger partial charge in [-0.3, -0.25) is 4.79 Å². The molecule has 0 unspecified atom stereocenters. The van der Waals surface area contributed by atoms with E-state index in [1.165, 1.54) is 6.07 Å². The second kappa shape index (κ2) is 4.93. The van der Waals surface area contributed by atoms with Gasteiger partial charge < -0.3 is 10.1 Å². The second-order valence-electron chi connectivity index (χ2n) is 3.62. The number of benzene rings is 1. The van der Waals surface area contributed by atoms with Gasteiger partial charge in [0.05, 0.1) is 4.47 Å². The van der Waals surface area contributed by atoms with E-state index in [1.807, 2.05) is 0 Å². The summed E-state index contributed by atoms with van der Waals surface area (Å²) in [6, 6.07) is 4.47. The van der Waals surface area contributed by atoms with Gasteiger partial charge >= 0.3 is 0 Å². The molecule has 1 saturated heterocycles. The summed E-state index contributed by atoms with van der Waals surface area (Å²) in [4.78, 5) is 11.6. The molecule has 5 heteroatoms. The molecule has 86 valence electrons. The normalized spacial score (nSPS) is 19.8. The van der Waals surface area contributed by atoms with Gasteiger partial charge in [-0.25, -0.2) is 4.39 Å². The van der Waals surface area contributed by atoms with Crippen LogP contribution in [0.3, 0.4) is 0 Å². The summed E-state index contributed by atoms with van der Waals surface area (Å²) in [5.41, 5.74) is 0.446. The lowest BCUT2D eigenvalue weighted by atomic mass is 10.2. The van der Waals surface area contributed by atoms with Crippen LogP contribution in [0.5, 0.6) is 0 Å². The van der Waals surface area contributed by atoms with Gasteiger partial charge in [0.15, 0.2) is 0 Å². The zero-order valence-corrected chi connectivity index (χ0v) is 10.1. The Labute approximate surface area is 101 Å². The van der Waals surface area contributed by atoms with Crippen molar-refractivity contribution >= 4 is 27.5 Å². The van der Waals surface area contributed by atoms with E-state index in [2.05, 4.69) is 21.2 Å². The minimum Gasteiger partial charge on any atom is -0.368 e. The summed E-state index contributed by atoms with van der Waals surface area (Å²) in [6.07, 6.45) is 1.23. The van der Waals surface area contributed by atoms with Gasteiger partial charge in [-0.1, -0.05) is 0 Å². The molecule has 0 radical (unpaired) electrons. The van der Waals surface area contributed by atoms with E-state index in [4.69, 9.17) is 4.74 Å². The van der Waals surface area contributed by atoms with E-state index in [1.54, 1.807) is 12.1 Å². The number of carbonyl (C=O) groups excluding carboxylic acids is 1. The molecule has 1 aliphatic rings. The van der Waals surface area contributed by atoms with E-state index in [9.17, 15) is 9.18 Å². The van der Waals surface area contributed by atoms with Gasteiger partial charge in [-0.15, -0.1) is 0 Å². The fraction of sp³-hybridized carbons (Fsp3) is 0.364. The number of halogens is 2. The Bertz CT molecular complexity index is 405. The van der Waals surface area contributed by atoms with Crippen molar-refractivity contribution in [2.45, 2.75) is 18.9 Å². The lowest BCUT2D eigenvalue weighted by molar-refractivity contribution is -0.124. The summed E-state index contributed by atoms with van der Waals surface area (Å²) in [5.74, 6) is -0.607. The lowest BCUT2D eigenvalue weighted by Crippen LogP contribution is -2.26. The topological polar surface area (TPSA) is 38.3 Å². The maximum Gasteiger partial charge on any atom is 0.253 e. The van der Waals surface area contributed by atoms with Crippen LogP contribution in [-0.4, -0.2) is 18.6 Å².